The molecule has 0 radical (unpaired) electrons. The zero-order chi connectivity index (χ0) is 16.7. The fourth-order valence-corrected chi connectivity index (χ4v) is 3.40. The number of aryl methyl sites for hydroxylation is 1. The van der Waals surface area contributed by atoms with Crippen molar-refractivity contribution >= 4 is 28.2 Å². The van der Waals surface area contributed by atoms with E-state index >= 15 is 0 Å². The maximum Gasteiger partial charge on any atom is 0.252 e. The van der Waals surface area contributed by atoms with Gasteiger partial charge in [0.15, 0.2) is 11.8 Å². The molecule has 122 valence electrons. The number of carbonyl (C=O) groups excluding carboxylic acids is 2. The van der Waals surface area contributed by atoms with E-state index in [4.69, 9.17) is 0 Å². The van der Waals surface area contributed by atoms with Crippen LogP contribution in [0.4, 0.5) is 0 Å². The third-order valence-corrected chi connectivity index (χ3v) is 4.51. The highest BCUT2D eigenvalue weighted by Crippen LogP contribution is 2.31. The van der Waals surface area contributed by atoms with E-state index in [1.54, 1.807) is 4.68 Å². The van der Waals surface area contributed by atoms with Gasteiger partial charge in [-0.15, -0.1) is 0 Å². The topological polar surface area (TPSA) is 76.0 Å². The second kappa shape index (κ2) is 5.63. The van der Waals surface area contributed by atoms with E-state index in [0.717, 1.165) is 34.3 Å². The van der Waals surface area contributed by atoms with Crippen LogP contribution in [-0.2, 0) is 9.59 Å². The summed E-state index contributed by atoms with van der Waals surface area (Å²) in [5.74, 6) is -0.364. The first-order valence-electron chi connectivity index (χ1n) is 8.05. The maximum atomic E-state index is 12.3. The molecule has 2 aliphatic rings. The molecule has 1 atom stereocenters. The zero-order valence-corrected chi connectivity index (χ0v) is 13.4. The lowest BCUT2D eigenvalue weighted by atomic mass is 9.98. The first-order valence-corrected chi connectivity index (χ1v) is 8.05. The van der Waals surface area contributed by atoms with Crippen LogP contribution in [0.3, 0.4) is 0 Å². The molecule has 0 aliphatic carbocycles. The van der Waals surface area contributed by atoms with Gasteiger partial charge in [0.25, 0.3) is 5.91 Å². The number of nitrogens with zero attached hydrogens (tertiary/aromatic N) is 2. The number of benzene rings is 1. The molecule has 2 aliphatic heterocycles. The van der Waals surface area contributed by atoms with Crippen molar-refractivity contribution in [1.82, 2.24) is 20.4 Å². The average molecular weight is 322 g/mol. The molecule has 6 nitrogen and oxygen atoms in total. The zero-order valence-electron chi connectivity index (χ0n) is 13.4. The number of amides is 1. The lowest BCUT2D eigenvalue weighted by molar-refractivity contribution is -0.135. The molecular formula is C18H18N4O2. The molecule has 1 fully saturated rings. The first-order chi connectivity index (χ1) is 11.7. The Morgan fingerprint density at radius 1 is 1.29 bits per heavy atom. The van der Waals surface area contributed by atoms with Gasteiger partial charge in [-0.3, -0.25) is 9.59 Å². The van der Waals surface area contributed by atoms with Gasteiger partial charge in [-0.05, 0) is 36.4 Å². The van der Waals surface area contributed by atoms with Crippen molar-refractivity contribution in [1.29, 1.82) is 0 Å². The monoisotopic (exact) mass is 322 g/mol. The van der Waals surface area contributed by atoms with Crippen LogP contribution < -0.4 is 10.6 Å². The summed E-state index contributed by atoms with van der Waals surface area (Å²) in [6.07, 6.45) is 6.40. The predicted molar refractivity (Wildman–Crippen MR) is 91.3 cm³/mol. The molecule has 0 spiro atoms. The minimum absolute atomic E-state index is 0.0884. The molecule has 6 heteroatoms. The minimum atomic E-state index is -0.872. The number of piperidine rings is 1. The summed E-state index contributed by atoms with van der Waals surface area (Å²) >= 11 is 0. The van der Waals surface area contributed by atoms with Crippen molar-refractivity contribution in [2.24, 2.45) is 0 Å². The van der Waals surface area contributed by atoms with Crippen LogP contribution in [0.25, 0.3) is 16.5 Å². The number of fused-ring (bicyclic) bond motifs is 1. The molecule has 0 saturated carbocycles. The Bertz CT molecular complexity index is 891. The number of aromatic nitrogens is 2. The number of hydrogen-bond acceptors (Lipinski definition) is 4. The van der Waals surface area contributed by atoms with Gasteiger partial charge >= 0.3 is 0 Å². The van der Waals surface area contributed by atoms with E-state index in [1.807, 2.05) is 37.4 Å². The van der Waals surface area contributed by atoms with Crippen molar-refractivity contribution in [2.45, 2.75) is 19.4 Å². The van der Waals surface area contributed by atoms with Crippen molar-refractivity contribution in [3.63, 3.8) is 0 Å². The van der Waals surface area contributed by atoms with Gasteiger partial charge in [0.2, 0.25) is 0 Å². The van der Waals surface area contributed by atoms with E-state index in [1.165, 1.54) is 0 Å². The molecular weight excluding hydrogens is 304 g/mol. The molecule has 24 heavy (non-hydrogen) atoms. The smallest absolute Gasteiger partial charge is 0.252 e. The van der Waals surface area contributed by atoms with Crippen molar-refractivity contribution in [3.05, 3.63) is 47.8 Å². The third-order valence-electron chi connectivity index (χ3n) is 4.51. The Balaban J connectivity index is 1.91. The molecule has 1 unspecified atom stereocenters. The number of carbonyl (C=O) groups is 2. The number of allylic oxidation sites excluding steroid dienone is 2. The summed E-state index contributed by atoms with van der Waals surface area (Å²) in [7, 11) is 0. The SMILES string of the molecule is Cc1nn(C2C(=O)CCNC2=O)c2cccc(C3=CCNC=C3)c12. The number of nitrogens with one attached hydrogen (secondary N) is 2. The Labute approximate surface area is 139 Å². The number of dihydropyridines is 1. The predicted octanol–water partition coefficient (Wildman–Crippen LogP) is 1.48. The van der Waals surface area contributed by atoms with E-state index in [9.17, 15) is 9.59 Å². The van der Waals surface area contributed by atoms with Crippen LogP contribution in [0.15, 0.2) is 36.6 Å². The second-order valence-corrected chi connectivity index (χ2v) is 6.04. The highest BCUT2D eigenvalue weighted by atomic mass is 16.2. The van der Waals surface area contributed by atoms with Crippen LogP contribution in [0, 0.1) is 6.92 Å². The molecule has 4 rings (SSSR count). The molecule has 0 bridgehead atoms. The number of hydrogen-bond donors (Lipinski definition) is 2. The van der Waals surface area contributed by atoms with Gasteiger partial charge in [-0.1, -0.05) is 18.2 Å². The van der Waals surface area contributed by atoms with Gasteiger partial charge in [0.05, 0.1) is 11.2 Å². The first kappa shape index (κ1) is 14.7. The molecule has 1 aromatic heterocycles. The van der Waals surface area contributed by atoms with E-state index < -0.39 is 6.04 Å². The van der Waals surface area contributed by atoms with Crippen molar-refractivity contribution in [3.8, 4) is 0 Å². The summed E-state index contributed by atoms with van der Waals surface area (Å²) in [6.45, 7) is 3.10. The molecule has 1 aromatic carbocycles. The Morgan fingerprint density at radius 3 is 2.92 bits per heavy atom. The summed E-state index contributed by atoms with van der Waals surface area (Å²) in [6, 6.07) is 5.03. The molecule has 3 heterocycles. The van der Waals surface area contributed by atoms with Crippen LogP contribution >= 0.6 is 0 Å². The summed E-state index contributed by atoms with van der Waals surface area (Å²) < 4.78 is 1.58. The highest BCUT2D eigenvalue weighted by Gasteiger charge is 2.34. The standard InChI is InChI=1S/C18H18N4O2/c1-11-16-13(12-5-8-19-9-6-12)3-2-4-14(16)22(21-11)17-15(23)7-10-20-18(17)24/h2-6,8,17,19H,7,9-10H2,1H3,(H,20,24). The van der Waals surface area contributed by atoms with Crippen molar-refractivity contribution < 1.29 is 9.59 Å². The normalized spacial score (nSPS) is 20.7. The van der Waals surface area contributed by atoms with Gasteiger partial charge in [-0.2, -0.15) is 5.10 Å². The van der Waals surface area contributed by atoms with E-state index in [-0.39, 0.29) is 11.7 Å². The van der Waals surface area contributed by atoms with Gasteiger partial charge < -0.3 is 10.6 Å². The third kappa shape index (κ3) is 2.22. The van der Waals surface area contributed by atoms with Crippen molar-refractivity contribution in [2.75, 3.05) is 13.1 Å². The van der Waals surface area contributed by atoms with E-state index in [0.29, 0.717) is 13.0 Å². The van der Waals surface area contributed by atoms with Gasteiger partial charge in [0.1, 0.15) is 0 Å². The molecule has 1 amide bonds. The second-order valence-electron chi connectivity index (χ2n) is 6.04. The molecule has 2 N–H and O–H groups in total. The number of rotatable bonds is 2. The Hall–Kier alpha value is -2.89. The quantitative estimate of drug-likeness (QED) is 0.821. The van der Waals surface area contributed by atoms with Crippen LogP contribution in [0.5, 0.6) is 0 Å². The molecule has 2 aromatic rings. The maximum absolute atomic E-state index is 12.3. The Morgan fingerprint density at radius 2 is 2.17 bits per heavy atom. The summed E-state index contributed by atoms with van der Waals surface area (Å²) in [5.41, 5.74) is 3.81. The summed E-state index contributed by atoms with van der Waals surface area (Å²) in [5, 5.41) is 11.4. The lowest BCUT2D eigenvalue weighted by Crippen LogP contribution is -2.44. The van der Waals surface area contributed by atoms with Crippen LogP contribution in [0.2, 0.25) is 0 Å². The van der Waals surface area contributed by atoms with E-state index in [2.05, 4.69) is 21.8 Å². The summed E-state index contributed by atoms with van der Waals surface area (Å²) in [4.78, 5) is 24.5. The number of Topliss-reactive ketones (excluding diaryl/α,β-unsaturated/α-hetero) is 1. The largest absolute Gasteiger partial charge is 0.387 e. The fourth-order valence-electron chi connectivity index (χ4n) is 3.40. The molecule has 1 saturated heterocycles. The minimum Gasteiger partial charge on any atom is -0.387 e. The van der Waals surface area contributed by atoms with Gasteiger partial charge in [-0.25, -0.2) is 4.68 Å². The number of ketones is 1. The Kier molecular flexibility index (Phi) is 3.45. The van der Waals surface area contributed by atoms with Crippen LogP contribution in [-0.4, -0.2) is 34.6 Å². The highest BCUT2D eigenvalue weighted by molar-refractivity contribution is 6.07. The lowest BCUT2D eigenvalue weighted by Gasteiger charge is -2.21. The fraction of sp³-hybridized carbons (Fsp3) is 0.278. The van der Waals surface area contributed by atoms with Crippen LogP contribution in [0.1, 0.15) is 23.7 Å². The van der Waals surface area contributed by atoms with Gasteiger partial charge in [0, 0.05) is 24.9 Å². The average Bonchev–Trinajstić information content (AvgIpc) is 2.93.